The predicted molar refractivity (Wildman–Crippen MR) is 83.1 cm³/mol. The quantitative estimate of drug-likeness (QED) is 0.853. The highest BCUT2D eigenvalue weighted by atomic mass is 32.1. The third kappa shape index (κ3) is 2.82. The Morgan fingerprint density at radius 2 is 2.05 bits per heavy atom. The summed E-state index contributed by atoms with van der Waals surface area (Å²) in [5, 5.41) is 4.02. The van der Waals surface area contributed by atoms with Gasteiger partial charge in [-0.2, -0.15) is 0 Å². The number of benzene rings is 1. The van der Waals surface area contributed by atoms with Crippen LogP contribution in [0.2, 0.25) is 0 Å². The van der Waals surface area contributed by atoms with Crippen LogP contribution in [0.4, 0.5) is 5.69 Å². The number of aromatic nitrogens is 1. The van der Waals surface area contributed by atoms with Gasteiger partial charge in [0.05, 0.1) is 16.7 Å². The predicted octanol–water partition coefficient (Wildman–Crippen LogP) is 3.14. The Hall–Kier alpha value is -1.88. The van der Waals surface area contributed by atoms with Crippen molar-refractivity contribution >= 4 is 22.9 Å². The van der Waals surface area contributed by atoms with Crippen molar-refractivity contribution in [2.75, 3.05) is 5.73 Å². The van der Waals surface area contributed by atoms with E-state index < -0.39 is 0 Å². The molecule has 106 valence electrons. The van der Waals surface area contributed by atoms with Crippen molar-refractivity contribution in [3.63, 3.8) is 0 Å². The highest BCUT2D eigenvalue weighted by Crippen LogP contribution is 2.25. The maximum Gasteiger partial charge on any atom is 0.252 e. The van der Waals surface area contributed by atoms with E-state index in [1.54, 1.807) is 29.5 Å². The molecular weight excluding hydrogens is 270 g/mol. The van der Waals surface area contributed by atoms with E-state index >= 15 is 0 Å². The Balaban J connectivity index is 2.19. The molecule has 1 amide bonds. The summed E-state index contributed by atoms with van der Waals surface area (Å²) in [6, 6.07) is 5.32. The van der Waals surface area contributed by atoms with Gasteiger partial charge >= 0.3 is 0 Å². The zero-order valence-electron chi connectivity index (χ0n) is 12.2. The maximum absolute atomic E-state index is 12.3. The second-order valence-corrected chi connectivity index (χ2v) is 6.13. The molecule has 2 rings (SSSR count). The van der Waals surface area contributed by atoms with Gasteiger partial charge in [-0.1, -0.05) is 6.07 Å². The van der Waals surface area contributed by atoms with Crippen LogP contribution >= 0.6 is 11.3 Å². The smallest absolute Gasteiger partial charge is 0.252 e. The van der Waals surface area contributed by atoms with Crippen LogP contribution < -0.4 is 11.1 Å². The molecule has 0 fully saturated rings. The first-order chi connectivity index (χ1) is 9.40. The Kier molecular flexibility index (Phi) is 4.09. The minimum Gasteiger partial charge on any atom is -0.398 e. The second kappa shape index (κ2) is 5.63. The molecule has 0 saturated carbocycles. The van der Waals surface area contributed by atoms with Crippen LogP contribution in [-0.4, -0.2) is 10.9 Å². The van der Waals surface area contributed by atoms with Crippen molar-refractivity contribution in [3.05, 3.63) is 44.9 Å². The molecule has 0 radical (unpaired) electrons. The molecule has 1 heterocycles. The van der Waals surface area contributed by atoms with Gasteiger partial charge in [0.2, 0.25) is 0 Å². The van der Waals surface area contributed by atoms with Gasteiger partial charge < -0.3 is 11.1 Å². The number of anilines is 1. The molecule has 4 nitrogen and oxygen atoms in total. The van der Waals surface area contributed by atoms with Gasteiger partial charge in [0.1, 0.15) is 0 Å². The van der Waals surface area contributed by atoms with Crippen molar-refractivity contribution in [1.82, 2.24) is 10.3 Å². The Morgan fingerprint density at radius 3 is 2.65 bits per heavy atom. The van der Waals surface area contributed by atoms with Crippen LogP contribution in [0.1, 0.15) is 44.5 Å². The van der Waals surface area contributed by atoms with Gasteiger partial charge in [-0.3, -0.25) is 4.79 Å². The zero-order chi connectivity index (χ0) is 14.9. The summed E-state index contributed by atoms with van der Waals surface area (Å²) in [4.78, 5) is 17.8. The summed E-state index contributed by atoms with van der Waals surface area (Å²) < 4.78 is 0. The number of hydrogen-bond acceptors (Lipinski definition) is 4. The molecule has 1 unspecified atom stereocenters. The molecule has 1 aromatic heterocycles. The van der Waals surface area contributed by atoms with Crippen LogP contribution in [-0.2, 0) is 0 Å². The molecular formula is C15H19N3OS. The molecule has 2 aromatic rings. The monoisotopic (exact) mass is 289 g/mol. The van der Waals surface area contributed by atoms with Gasteiger partial charge in [-0.15, -0.1) is 11.3 Å². The lowest BCUT2D eigenvalue weighted by molar-refractivity contribution is 0.0940. The molecule has 1 atom stereocenters. The third-order valence-corrected chi connectivity index (χ3v) is 4.56. The van der Waals surface area contributed by atoms with E-state index in [0.29, 0.717) is 11.3 Å². The molecule has 3 N–H and O–H groups in total. The lowest BCUT2D eigenvalue weighted by Crippen LogP contribution is -2.27. The summed E-state index contributed by atoms with van der Waals surface area (Å²) in [5.41, 5.74) is 8.89. The fourth-order valence-corrected chi connectivity index (χ4v) is 3.12. The van der Waals surface area contributed by atoms with E-state index in [1.807, 2.05) is 27.7 Å². The maximum atomic E-state index is 12.3. The van der Waals surface area contributed by atoms with Crippen LogP contribution in [0.15, 0.2) is 18.2 Å². The van der Waals surface area contributed by atoms with Gasteiger partial charge in [0, 0.05) is 16.1 Å². The molecule has 5 heteroatoms. The van der Waals surface area contributed by atoms with Crippen LogP contribution in [0.3, 0.4) is 0 Å². The number of aryl methyl sites for hydroxylation is 2. The number of amides is 1. The van der Waals surface area contributed by atoms with Gasteiger partial charge in [0.25, 0.3) is 5.91 Å². The normalized spacial score (nSPS) is 12.2. The number of nitrogen functional groups attached to an aromatic ring is 1. The van der Waals surface area contributed by atoms with Crippen LogP contribution in [0.25, 0.3) is 0 Å². The number of nitrogens with zero attached hydrogens (tertiary/aromatic N) is 1. The van der Waals surface area contributed by atoms with E-state index in [0.717, 1.165) is 21.1 Å². The number of nitrogens with one attached hydrogen (secondary N) is 1. The highest BCUT2D eigenvalue weighted by Gasteiger charge is 2.17. The van der Waals surface area contributed by atoms with E-state index in [1.165, 1.54) is 0 Å². The van der Waals surface area contributed by atoms with E-state index in [-0.39, 0.29) is 11.9 Å². The summed E-state index contributed by atoms with van der Waals surface area (Å²) >= 11 is 1.62. The molecule has 20 heavy (non-hydrogen) atoms. The molecule has 0 saturated heterocycles. The molecule has 0 spiro atoms. The van der Waals surface area contributed by atoms with E-state index in [4.69, 9.17) is 5.73 Å². The Bertz CT molecular complexity index is 649. The first-order valence-corrected chi connectivity index (χ1v) is 7.31. The summed E-state index contributed by atoms with van der Waals surface area (Å²) in [6.45, 7) is 7.77. The van der Waals surface area contributed by atoms with Crippen molar-refractivity contribution < 1.29 is 4.79 Å². The van der Waals surface area contributed by atoms with E-state index in [2.05, 4.69) is 10.3 Å². The summed E-state index contributed by atoms with van der Waals surface area (Å²) in [6.07, 6.45) is 0. The second-order valence-electron chi connectivity index (χ2n) is 4.90. The van der Waals surface area contributed by atoms with Crippen molar-refractivity contribution in [2.24, 2.45) is 0 Å². The van der Waals surface area contributed by atoms with Gasteiger partial charge in [-0.25, -0.2) is 4.98 Å². The van der Waals surface area contributed by atoms with Crippen molar-refractivity contribution in [2.45, 2.75) is 33.7 Å². The SMILES string of the molecule is Cc1nc(C)c(C(C)NC(=O)c2cccc(N)c2C)s1. The average Bonchev–Trinajstić information content (AvgIpc) is 2.71. The standard InChI is InChI=1S/C15H19N3OS/c1-8-12(6-5-7-13(8)16)15(19)18-10(3)14-9(2)17-11(4)20-14/h5-7,10H,16H2,1-4H3,(H,18,19). The molecule has 0 aliphatic carbocycles. The highest BCUT2D eigenvalue weighted by molar-refractivity contribution is 7.11. The molecule has 0 bridgehead atoms. The average molecular weight is 289 g/mol. The number of carbonyl (C=O) groups excluding carboxylic acids is 1. The van der Waals surface area contributed by atoms with Crippen molar-refractivity contribution in [3.8, 4) is 0 Å². The Morgan fingerprint density at radius 1 is 1.35 bits per heavy atom. The zero-order valence-corrected chi connectivity index (χ0v) is 13.0. The van der Waals surface area contributed by atoms with Crippen LogP contribution in [0, 0.1) is 20.8 Å². The molecule has 1 aromatic carbocycles. The summed E-state index contributed by atoms with van der Waals surface area (Å²) in [7, 11) is 0. The first kappa shape index (κ1) is 14.5. The third-order valence-electron chi connectivity index (χ3n) is 3.30. The Labute approximate surface area is 123 Å². The largest absolute Gasteiger partial charge is 0.398 e. The van der Waals surface area contributed by atoms with Gasteiger partial charge in [0.15, 0.2) is 0 Å². The molecule has 0 aliphatic rings. The number of nitrogens with two attached hydrogens (primary N) is 1. The number of hydrogen-bond donors (Lipinski definition) is 2. The van der Waals surface area contributed by atoms with E-state index in [9.17, 15) is 4.79 Å². The number of rotatable bonds is 3. The minimum absolute atomic E-state index is 0.0606. The van der Waals surface area contributed by atoms with Gasteiger partial charge in [-0.05, 0) is 45.4 Å². The summed E-state index contributed by atoms with van der Waals surface area (Å²) in [5.74, 6) is -0.104. The lowest BCUT2D eigenvalue weighted by Gasteiger charge is -2.14. The van der Waals surface area contributed by atoms with Crippen molar-refractivity contribution in [1.29, 1.82) is 0 Å². The fourth-order valence-electron chi connectivity index (χ4n) is 2.19. The topological polar surface area (TPSA) is 68.0 Å². The van der Waals surface area contributed by atoms with Crippen LogP contribution in [0.5, 0.6) is 0 Å². The number of carbonyl (C=O) groups is 1. The fraction of sp³-hybridized carbons (Fsp3) is 0.333. The first-order valence-electron chi connectivity index (χ1n) is 6.50. The molecule has 0 aliphatic heterocycles. The minimum atomic E-state index is -0.104. The lowest BCUT2D eigenvalue weighted by atomic mass is 10.1. The number of thiazole rings is 1.